The van der Waals surface area contributed by atoms with Crippen LogP contribution in [0.4, 0.5) is 5.69 Å². The molecule has 1 aliphatic heterocycles. The smallest absolute Gasteiger partial charge is 0.255 e. The van der Waals surface area contributed by atoms with E-state index in [1.807, 2.05) is 31.2 Å². The Morgan fingerprint density at radius 1 is 0.941 bits per heavy atom. The molecule has 0 aromatic heterocycles. The molecule has 0 atom stereocenters. The molecule has 3 aromatic rings. The highest BCUT2D eigenvalue weighted by Gasteiger charge is 2.30. The first-order chi connectivity index (χ1) is 16.4. The van der Waals surface area contributed by atoms with E-state index in [-0.39, 0.29) is 29.3 Å². The van der Waals surface area contributed by atoms with Gasteiger partial charge < -0.3 is 19.5 Å². The molecule has 1 heterocycles. The number of morpholine rings is 1. The van der Waals surface area contributed by atoms with Crippen molar-refractivity contribution in [3.05, 3.63) is 77.9 Å². The summed E-state index contributed by atoms with van der Waals surface area (Å²) >= 11 is 0. The quantitative estimate of drug-likeness (QED) is 0.546. The Kier molecular flexibility index (Phi) is 7.16. The molecular formula is C25H26N2O6S. The Hall–Kier alpha value is -3.40. The maximum atomic E-state index is 13.2. The van der Waals surface area contributed by atoms with Crippen LogP contribution in [0.1, 0.15) is 15.9 Å². The molecule has 0 saturated carbocycles. The minimum atomic E-state index is -3.84. The number of ether oxygens (including phenoxy) is 3. The van der Waals surface area contributed by atoms with Gasteiger partial charge >= 0.3 is 0 Å². The first-order valence-electron chi connectivity index (χ1n) is 10.8. The van der Waals surface area contributed by atoms with E-state index in [2.05, 4.69) is 5.32 Å². The van der Waals surface area contributed by atoms with Gasteiger partial charge in [0, 0.05) is 24.3 Å². The van der Waals surface area contributed by atoms with Crippen LogP contribution in [-0.2, 0) is 14.8 Å². The normalized spacial score (nSPS) is 14.4. The molecule has 9 heteroatoms. The number of sulfonamides is 1. The van der Waals surface area contributed by atoms with E-state index < -0.39 is 15.9 Å². The summed E-state index contributed by atoms with van der Waals surface area (Å²) in [5.41, 5.74) is 1.90. The van der Waals surface area contributed by atoms with Crippen LogP contribution in [0.25, 0.3) is 0 Å². The van der Waals surface area contributed by atoms with Crippen molar-refractivity contribution in [3.8, 4) is 17.2 Å². The predicted octanol–water partition coefficient (Wildman–Crippen LogP) is 4.07. The largest absolute Gasteiger partial charge is 0.495 e. The summed E-state index contributed by atoms with van der Waals surface area (Å²) in [5.74, 6) is 1.09. The number of benzene rings is 3. The van der Waals surface area contributed by atoms with Crippen LogP contribution in [0.5, 0.6) is 17.2 Å². The Bertz CT molecular complexity index is 1250. The molecule has 178 valence electrons. The molecule has 0 unspecified atom stereocenters. The van der Waals surface area contributed by atoms with Crippen molar-refractivity contribution in [2.24, 2.45) is 0 Å². The second kappa shape index (κ2) is 10.3. The summed E-state index contributed by atoms with van der Waals surface area (Å²) < 4.78 is 44.0. The van der Waals surface area contributed by atoms with Gasteiger partial charge in [0.1, 0.15) is 22.1 Å². The number of methoxy groups -OCH3 is 1. The van der Waals surface area contributed by atoms with Crippen LogP contribution >= 0.6 is 0 Å². The molecular weight excluding hydrogens is 456 g/mol. The summed E-state index contributed by atoms with van der Waals surface area (Å²) in [6, 6.07) is 19.0. The summed E-state index contributed by atoms with van der Waals surface area (Å²) in [5, 5.41) is 2.79. The average Bonchev–Trinajstić information content (AvgIpc) is 2.86. The number of hydrogen-bond donors (Lipinski definition) is 1. The molecule has 0 radical (unpaired) electrons. The molecule has 0 bridgehead atoms. The number of carbonyl (C=O) groups is 1. The maximum Gasteiger partial charge on any atom is 0.255 e. The van der Waals surface area contributed by atoms with Gasteiger partial charge in [0.15, 0.2) is 0 Å². The Balaban J connectivity index is 1.49. The first kappa shape index (κ1) is 23.7. The van der Waals surface area contributed by atoms with E-state index in [4.69, 9.17) is 14.2 Å². The van der Waals surface area contributed by atoms with Crippen molar-refractivity contribution in [2.75, 3.05) is 38.7 Å². The Morgan fingerprint density at radius 3 is 2.18 bits per heavy atom. The van der Waals surface area contributed by atoms with Crippen molar-refractivity contribution in [1.29, 1.82) is 0 Å². The third-order valence-electron chi connectivity index (χ3n) is 5.38. The van der Waals surface area contributed by atoms with Gasteiger partial charge in [0.05, 0.1) is 20.3 Å². The van der Waals surface area contributed by atoms with E-state index in [1.54, 1.807) is 24.3 Å². The van der Waals surface area contributed by atoms with Gasteiger partial charge in [-0.2, -0.15) is 4.31 Å². The highest BCUT2D eigenvalue weighted by Crippen LogP contribution is 2.29. The molecule has 34 heavy (non-hydrogen) atoms. The lowest BCUT2D eigenvalue weighted by Crippen LogP contribution is -2.40. The van der Waals surface area contributed by atoms with Gasteiger partial charge in [-0.25, -0.2) is 8.42 Å². The fourth-order valence-electron chi connectivity index (χ4n) is 3.50. The van der Waals surface area contributed by atoms with Gasteiger partial charge in [-0.05, 0) is 61.5 Å². The number of anilines is 1. The van der Waals surface area contributed by atoms with E-state index >= 15 is 0 Å². The Labute approximate surface area is 199 Å². The highest BCUT2D eigenvalue weighted by molar-refractivity contribution is 7.89. The summed E-state index contributed by atoms with van der Waals surface area (Å²) in [6.45, 7) is 3.15. The molecule has 1 saturated heterocycles. The Morgan fingerprint density at radius 2 is 1.56 bits per heavy atom. The molecule has 1 aliphatic rings. The molecule has 3 aromatic carbocycles. The molecule has 0 aliphatic carbocycles. The van der Waals surface area contributed by atoms with Crippen LogP contribution < -0.4 is 14.8 Å². The predicted molar refractivity (Wildman–Crippen MR) is 128 cm³/mol. The highest BCUT2D eigenvalue weighted by atomic mass is 32.2. The summed E-state index contributed by atoms with van der Waals surface area (Å²) in [4.78, 5) is 12.8. The molecule has 1 N–H and O–H groups in total. The van der Waals surface area contributed by atoms with Crippen molar-refractivity contribution < 1.29 is 27.4 Å². The number of nitrogens with zero attached hydrogens (tertiary/aromatic N) is 1. The third-order valence-corrected chi connectivity index (χ3v) is 7.30. The van der Waals surface area contributed by atoms with Crippen LogP contribution in [0.15, 0.2) is 71.6 Å². The van der Waals surface area contributed by atoms with Crippen LogP contribution in [0, 0.1) is 6.92 Å². The molecule has 4 rings (SSSR count). The summed E-state index contributed by atoms with van der Waals surface area (Å²) in [6.07, 6.45) is 0. The van der Waals surface area contributed by atoms with Crippen molar-refractivity contribution in [3.63, 3.8) is 0 Å². The van der Waals surface area contributed by atoms with Gasteiger partial charge in [-0.1, -0.05) is 17.7 Å². The number of aryl methyl sites for hydroxylation is 1. The number of carbonyl (C=O) groups excluding carboxylic acids is 1. The molecule has 1 amide bonds. The number of amides is 1. The van der Waals surface area contributed by atoms with Crippen LogP contribution in [0.2, 0.25) is 0 Å². The van der Waals surface area contributed by atoms with Gasteiger partial charge in [-0.3, -0.25) is 4.79 Å². The third kappa shape index (κ3) is 5.39. The monoisotopic (exact) mass is 482 g/mol. The van der Waals surface area contributed by atoms with E-state index in [1.165, 1.54) is 29.6 Å². The van der Waals surface area contributed by atoms with E-state index in [0.717, 1.165) is 11.3 Å². The molecule has 8 nitrogen and oxygen atoms in total. The molecule has 0 spiro atoms. The van der Waals surface area contributed by atoms with Gasteiger partial charge in [0.25, 0.3) is 5.91 Å². The van der Waals surface area contributed by atoms with Crippen LogP contribution in [0.3, 0.4) is 0 Å². The number of rotatable bonds is 7. The zero-order valence-corrected chi connectivity index (χ0v) is 19.8. The summed E-state index contributed by atoms with van der Waals surface area (Å²) in [7, 11) is -2.44. The zero-order chi connectivity index (χ0) is 24.1. The van der Waals surface area contributed by atoms with Gasteiger partial charge in [-0.15, -0.1) is 0 Å². The lowest BCUT2D eigenvalue weighted by atomic mass is 10.2. The lowest BCUT2D eigenvalue weighted by molar-refractivity contribution is 0.0729. The fraction of sp³-hybridized carbons (Fsp3) is 0.240. The topological polar surface area (TPSA) is 94.2 Å². The van der Waals surface area contributed by atoms with Crippen molar-refractivity contribution in [2.45, 2.75) is 11.8 Å². The minimum Gasteiger partial charge on any atom is -0.495 e. The van der Waals surface area contributed by atoms with E-state index in [9.17, 15) is 13.2 Å². The van der Waals surface area contributed by atoms with E-state index in [0.29, 0.717) is 24.7 Å². The average molecular weight is 483 g/mol. The van der Waals surface area contributed by atoms with Crippen molar-refractivity contribution >= 4 is 21.6 Å². The number of nitrogens with one attached hydrogen (secondary N) is 1. The van der Waals surface area contributed by atoms with Crippen molar-refractivity contribution in [1.82, 2.24) is 4.31 Å². The van der Waals surface area contributed by atoms with Crippen LogP contribution in [-0.4, -0.2) is 52.0 Å². The fourth-order valence-corrected chi connectivity index (χ4v) is 5.09. The SMILES string of the molecule is COc1ccc(C(=O)Nc2ccc(Oc3ccc(C)cc3)cc2)cc1S(=O)(=O)N1CCOCC1. The molecule has 1 fully saturated rings. The standard InChI is InChI=1S/C25H26N2O6S/c1-18-3-8-21(9-4-18)33-22-10-6-20(7-11-22)26-25(28)19-5-12-23(31-2)24(17-19)34(29,30)27-13-15-32-16-14-27/h3-12,17H,13-16H2,1-2H3,(H,26,28). The number of hydrogen-bond acceptors (Lipinski definition) is 6. The minimum absolute atomic E-state index is 0.0496. The zero-order valence-electron chi connectivity index (χ0n) is 19.0. The second-order valence-corrected chi connectivity index (χ2v) is 9.68. The second-order valence-electron chi connectivity index (χ2n) is 7.78. The lowest BCUT2D eigenvalue weighted by Gasteiger charge is -2.26. The maximum absolute atomic E-state index is 13.2. The van der Waals surface area contributed by atoms with Gasteiger partial charge in [0.2, 0.25) is 10.0 Å². The first-order valence-corrected chi connectivity index (χ1v) is 12.2.